The average Bonchev–Trinajstić information content (AvgIpc) is 3.30. The highest BCUT2D eigenvalue weighted by Crippen LogP contribution is 2.27. The van der Waals surface area contributed by atoms with Crippen molar-refractivity contribution >= 4 is 33.8 Å². The van der Waals surface area contributed by atoms with E-state index in [1.54, 1.807) is 7.11 Å². The van der Waals surface area contributed by atoms with Crippen LogP contribution in [0.2, 0.25) is 0 Å². The molecule has 2 aromatic carbocycles. The first kappa shape index (κ1) is 16.4. The summed E-state index contributed by atoms with van der Waals surface area (Å²) in [6.07, 6.45) is 2.12. The number of ether oxygens (including phenoxy) is 1. The van der Waals surface area contributed by atoms with Crippen molar-refractivity contribution in [2.75, 3.05) is 12.4 Å². The Morgan fingerprint density at radius 3 is 3.04 bits per heavy atom. The van der Waals surface area contributed by atoms with Crippen molar-refractivity contribution in [1.82, 2.24) is 9.97 Å². The van der Waals surface area contributed by atoms with Gasteiger partial charge >= 0.3 is 0 Å². The number of thiazole rings is 1. The van der Waals surface area contributed by atoms with E-state index in [-0.39, 0.29) is 12.3 Å². The maximum absolute atomic E-state index is 12.3. The van der Waals surface area contributed by atoms with Crippen LogP contribution in [0.1, 0.15) is 5.69 Å². The lowest BCUT2D eigenvalue weighted by atomic mass is 10.2. The summed E-state index contributed by atoms with van der Waals surface area (Å²) in [6, 6.07) is 15.5. The largest absolute Gasteiger partial charge is 0.497 e. The van der Waals surface area contributed by atoms with Crippen LogP contribution in [0.15, 0.2) is 60.1 Å². The monoisotopic (exact) mass is 363 g/mol. The molecule has 130 valence electrons. The first-order valence-corrected chi connectivity index (χ1v) is 9.05. The van der Waals surface area contributed by atoms with Gasteiger partial charge in [-0.1, -0.05) is 18.2 Å². The fourth-order valence-electron chi connectivity index (χ4n) is 2.77. The number of carbonyl (C=O) groups excluding carboxylic acids is 1. The Labute approximate surface area is 154 Å². The van der Waals surface area contributed by atoms with Crippen LogP contribution in [-0.4, -0.2) is 23.0 Å². The van der Waals surface area contributed by atoms with E-state index in [0.29, 0.717) is 0 Å². The molecule has 0 radical (unpaired) electrons. The van der Waals surface area contributed by atoms with Gasteiger partial charge in [-0.05, 0) is 35.7 Å². The Morgan fingerprint density at radius 1 is 1.23 bits per heavy atom. The summed E-state index contributed by atoms with van der Waals surface area (Å²) in [5, 5.41) is 6.84. The molecule has 0 unspecified atom stereocenters. The van der Waals surface area contributed by atoms with Gasteiger partial charge in [0.2, 0.25) is 5.91 Å². The molecule has 26 heavy (non-hydrogen) atoms. The van der Waals surface area contributed by atoms with Crippen molar-refractivity contribution in [3.8, 4) is 16.3 Å². The third-order valence-electron chi connectivity index (χ3n) is 4.05. The summed E-state index contributed by atoms with van der Waals surface area (Å²) in [4.78, 5) is 20.0. The summed E-state index contributed by atoms with van der Waals surface area (Å²) in [5.41, 5.74) is 3.51. The Hall–Kier alpha value is -3.12. The molecule has 0 aliphatic carbocycles. The standard InChI is InChI=1S/C20H17N3O2S/c1-25-17-4-2-3-14(9-17)20-23-16(12-26-20)11-19(24)22-15-6-5-13-7-8-21-18(13)10-15/h2-10,12,21H,11H2,1H3,(H,22,24). The van der Waals surface area contributed by atoms with Gasteiger partial charge in [0.15, 0.2) is 0 Å². The number of aromatic nitrogens is 2. The fraction of sp³-hybridized carbons (Fsp3) is 0.100. The van der Waals surface area contributed by atoms with Crippen LogP contribution >= 0.6 is 11.3 Å². The molecular formula is C20H17N3O2S. The van der Waals surface area contributed by atoms with E-state index in [1.807, 2.05) is 60.1 Å². The number of anilines is 1. The number of methoxy groups -OCH3 is 1. The maximum atomic E-state index is 12.3. The van der Waals surface area contributed by atoms with Gasteiger partial charge in [0.05, 0.1) is 19.2 Å². The molecule has 5 nitrogen and oxygen atoms in total. The third-order valence-corrected chi connectivity index (χ3v) is 4.99. The van der Waals surface area contributed by atoms with E-state index in [9.17, 15) is 4.79 Å². The highest BCUT2D eigenvalue weighted by atomic mass is 32.1. The Bertz CT molecular complexity index is 1070. The quantitative estimate of drug-likeness (QED) is 0.549. The van der Waals surface area contributed by atoms with Gasteiger partial charge in [-0.25, -0.2) is 4.98 Å². The molecule has 2 aromatic heterocycles. The van der Waals surface area contributed by atoms with Crippen molar-refractivity contribution < 1.29 is 9.53 Å². The number of hydrogen-bond acceptors (Lipinski definition) is 4. The number of H-pyrrole nitrogens is 1. The zero-order valence-corrected chi connectivity index (χ0v) is 15.0. The summed E-state index contributed by atoms with van der Waals surface area (Å²) in [7, 11) is 1.64. The summed E-state index contributed by atoms with van der Waals surface area (Å²) >= 11 is 1.52. The molecule has 2 N–H and O–H groups in total. The van der Waals surface area contributed by atoms with Crippen LogP contribution in [0.5, 0.6) is 5.75 Å². The molecule has 1 amide bonds. The molecule has 0 saturated carbocycles. The van der Waals surface area contributed by atoms with Gasteiger partial charge in [-0.3, -0.25) is 4.79 Å². The van der Waals surface area contributed by atoms with Crippen molar-refractivity contribution in [1.29, 1.82) is 0 Å². The van der Waals surface area contributed by atoms with Gasteiger partial charge in [-0.2, -0.15) is 0 Å². The number of nitrogens with zero attached hydrogens (tertiary/aromatic N) is 1. The van der Waals surface area contributed by atoms with Crippen LogP contribution < -0.4 is 10.1 Å². The highest BCUT2D eigenvalue weighted by Gasteiger charge is 2.10. The van der Waals surface area contributed by atoms with Crippen molar-refractivity contribution in [3.05, 3.63) is 65.8 Å². The van der Waals surface area contributed by atoms with Gasteiger partial charge in [0.25, 0.3) is 0 Å². The minimum absolute atomic E-state index is 0.0848. The Balaban J connectivity index is 1.45. The average molecular weight is 363 g/mol. The van der Waals surface area contributed by atoms with E-state index < -0.39 is 0 Å². The second-order valence-corrected chi connectivity index (χ2v) is 6.74. The van der Waals surface area contributed by atoms with Gasteiger partial charge < -0.3 is 15.0 Å². The summed E-state index contributed by atoms with van der Waals surface area (Å²) < 4.78 is 5.25. The number of aromatic amines is 1. The molecule has 0 bridgehead atoms. The SMILES string of the molecule is COc1cccc(-c2nc(CC(=O)Nc3ccc4cc[nH]c4c3)cs2)c1. The Kier molecular flexibility index (Phi) is 4.41. The smallest absolute Gasteiger partial charge is 0.230 e. The zero-order chi connectivity index (χ0) is 17.9. The number of rotatable bonds is 5. The van der Waals surface area contributed by atoms with Crippen LogP contribution in [0.3, 0.4) is 0 Å². The van der Waals surface area contributed by atoms with Crippen LogP contribution in [-0.2, 0) is 11.2 Å². The molecule has 0 aliphatic heterocycles. The summed E-state index contributed by atoms with van der Waals surface area (Å²) in [5.74, 6) is 0.704. The third kappa shape index (κ3) is 3.45. The maximum Gasteiger partial charge on any atom is 0.230 e. The van der Waals surface area contributed by atoms with Crippen LogP contribution in [0.4, 0.5) is 5.69 Å². The molecule has 4 rings (SSSR count). The Morgan fingerprint density at radius 2 is 2.15 bits per heavy atom. The van der Waals surface area contributed by atoms with Crippen LogP contribution in [0.25, 0.3) is 21.5 Å². The zero-order valence-electron chi connectivity index (χ0n) is 14.2. The van der Waals surface area contributed by atoms with Crippen LogP contribution in [0, 0.1) is 0 Å². The van der Waals surface area contributed by atoms with Crippen molar-refractivity contribution in [2.45, 2.75) is 6.42 Å². The molecule has 0 fully saturated rings. The number of hydrogen-bond donors (Lipinski definition) is 2. The number of fused-ring (bicyclic) bond motifs is 1. The molecular weight excluding hydrogens is 346 g/mol. The van der Waals surface area contributed by atoms with Gasteiger partial charge in [-0.15, -0.1) is 11.3 Å². The van der Waals surface area contributed by atoms with E-state index in [0.717, 1.165) is 38.6 Å². The number of nitrogens with one attached hydrogen (secondary N) is 2. The molecule has 0 atom stereocenters. The number of carbonyl (C=O) groups is 1. The van der Waals surface area contributed by atoms with Gasteiger partial charge in [0, 0.05) is 28.3 Å². The topological polar surface area (TPSA) is 67.0 Å². The lowest BCUT2D eigenvalue weighted by Gasteiger charge is -2.04. The first-order valence-electron chi connectivity index (χ1n) is 8.17. The van der Waals surface area contributed by atoms with E-state index in [4.69, 9.17) is 4.74 Å². The molecule has 0 saturated heterocycles. The molecule has 0 spiro atoms. The highest BCUT2D eigenvalue weighted by molar-refractivity contribution is 7.13. The van der Waals surface area contributed by atoms with E-state index in [2.05, 4.69) is 15.3 Å². The normalized spacial score (nSPS) is 10.8. The summed E-state index contributed by atoms with van der Waals surface area (Å²) in [6.45, 7) is 0. The first-order chi connectivity index (χ1) is 12.7. The molecule has 4 aromatic rings. The number of benzene rings is 2. The second kappa shape index (κ2) is 7.01. The number of amides is 1. The van der Waals surface area contributed by atoms with Crippen molar-refractivity contribution in [2.24, 2.45) is 0 Å². The lowest BCUT2D eigenvalue weighted by molar-refractivity contribution is -0.115. The van der Waals surface area contributed by atoms with Crippen molar-refractivity contribution in [3.63, 3.8) is 0 Å². The minimum atomic E-state index is -0.0848. The van der Waals surface area contributed by atoms with E-state index in [1.165, 1.54) is 11.3 Å². The predicted molar refractivity (Wildman–Crippen MR) is 105 cm³/mol. The lowest BCUT2D eigenvalue weighted by Crippen LogP contribution is -2.14. The second-order valence-electron chi connectivity index (χ2n) is 5.88. The minimum Gasteiger partial charge on any atom is -0.497 e. The van der Waals surface area contributed by atoms with Gasteiger partial charge in [0.1, 0.15) is 10.8 Å². The molecule has 0 aliphatic rings. The fourth-order valence-corrected chi connectivity index (χ4v) is 3.59. The molecule has 6 heteroatoms. The predicted octanol–water partition coefficient (Wildman–Crippen LogP) is 4.48. The van der Waals surface area contributed by atoms with E-state index >= 15 is 0 Å². The molecule has 2 heterocycles.